The summed E-state index contributed by atoms with van der Waals surface area (Å²) in [6.45, 7) is 4.99. The van der Waals surface area contributed by atoms with Crippen LogP contribution >= 0.6 is 23.5 Å². The van der Waals surface area contributed by atoms with Crippen molar-refractivity contribution in [1.29, 1.82) is 0 Å². The topological polar surface area (TPSA) is 0 Å². The molecule has 2 aliphatic rings. The van der Waals surface area contributed by atoms with Crippen molar-refractivity contribution in [2.75, 3.05) is 0 Å². The molecular formula is C53H37BS2. The summed E-state index contributed by atoms with van der Waals surface area (Å²) in [7, 11) is 0. The van der Waals surface area contributed by atoms with Crippen LogP contribution < -0.4 is 16.4 Å². The Morgan fingerprint density at radius 2 is 0.786 bits per heavy atom. The van der Waals surface area contributed by atoms with Gasteiger partial charge in [-0.05, 0) is 102 Å². The normalized spacial score (nSPS) is 13.0. The summed E-state index contributed by atoms with van der Waals surface area (Å²) >= 11 is 3.86. The van der Waals surface area contributed by atoms with Crippen molar-refractivity contribution in [1.82, 2.24) is 0 Å². The average molecular weight is 749 g/mol. The van der Waals surface area contributed by atoms with Gasteiger partial charge in [0.25, 0.3) is 0 Å². The van der Waals surface area contributed by atoms with Crippen molar-refractivity contribution in [3.63, 3.8) is 0 Å². The fraction of sp³-hybridized carbons (Fsp3) is 0.0566. The monoisotopic (exact) mass is 748 g/mol. The SMILES string of the molecule is CC(C)(c1ccccc1)c1cc(-c2cc3c4c(c2)Sc2ccccc2B4c2ccccc2S3)cc(-c2c3ccccc3c(-c3ccccc3)c3ccccc23)c1. The largest absolute Gasteiger partial charge is 0.247 e. The number of rotatable bonds is 5. The van der Waals surface area contributed by atoms with E-state index in [0.717, 1.165) is 0 Å². The minimum atomic E-state index is -0.240. The summed E-state index contributed by atoms with van der Waals surface area (Å²) in [5, 5.41) is 5.09. The Kier molecular flexibility index (Phi) is 7.91. The van der Waals surface area contributed by atoms with Crippen LogP contribution in [0.25, 0.3) is 54.9 Å². The lowest BCUT2D eigenvalue weighted by atomic mass is 9.36. The molecule has 2 aliphatic heterocycles. The van der Waals surface area contributed by atoms with E-state index in [-0.39, 0.29) is 12.1 Å². The van der Waals surface area contributed by atoms with Gasteiger partial charge in [0, 0.05) is 25.0 Å². The molecule has 0 spiro atoms. The molecule has 0 fully saturated rings. The molecule has 56 heavy (non-hydrogen) atoms. The molecule has 0 N–H and O–H groups in total. The van der Waals surface area contributed by atoms with E-state index in [1.807, 2.05) is 23.5 Å². The summed E-state index contributed by atoms with van der Waals surface area (Å²) in [6, 6.07) is 70.3. The van der Waals surface area contributed by atoms with Gasteiger partial charge in [-0.1, -0.05) is 206 Å². The van der Waals surface area contributed by atoms with Crippen molar-refractivity contribution < 1.29 is 0 Å². The second kappa shape index (κ2) is 13.2. The Labute approximate surface area is 337 Å². The van der Waals surface area contributed by atoms with E-state index in [1.54, 1.807) is 0 Å². The van der Waals surface area contributed by atoms with Gasteiger partial charge in [0.2, 0.25) is 6.71 Å². The first-order valence-electron chi connectivity index (χ1n) is 19.5. The molecule has 0 saturated heterocycles. The summed E-state index contributed by atoms with van der Waals surface area (Å²) in [4.78, 5) is 5.43. The fourth-order valence-electron chi connectivity index (χ4n) is 9.24. The third-order valence-corrected chi connectivity index (χ3v) is 14.4. The Bertz CT molecular complexity index is 2870. The van der Waals surface area contributed by atoms with Crippen LogP contribution in [0, 0.1) is 0 Å². The van der Waals surface area contributed by atoms with Gasteiger partial charge >= 0.3 is 0 Å². The standard InChI is InChI=1S/C53H37BS2/c1-53(2,38-19-7-4-8-20-38)39-30-35(36-32-48-52-49(33-36)56-47-28-16-14-26-45(47)54(52)44-25-13-15-27-46(44)55-48)29-37(31-39)51-42-23-11-9-21-40(42)50(34-17-5-3-6-18-34)41-22-10-12-24-43(41)51/h3-33H,1-2H3. The number of fused-ring (bicyclic) bond motifs is 6. The molecular weight excluding hydrogens is 712 g/mol. The molecule has 11 rings (SSSR count). The summed E-state index contributed by atoms with van der Waals surface area (Å²) in [6.07, 6.45) is 0. The first-order chi connectivity index (χ1) is 27.5. The van der Waals surface area contributed by atoms with Gasteiger partial charge in [-0.3, -0.25) is 0 Å². The van der Waals surface area contributed by atoms with Crippen molar-refractivity contribution in [2.24, 2.45) is 0 Å². The predicted molar refractivity (Wildman–Crippen MR) is 242 cm³/mol. The van der Waals surface area contributed by atoms with Crippen LogP contribution in [0.15, 0.2) is 208 Å². The highest BCUT2D eigenvalue weighted by molar-refractivity contribution is 8.01. The summed E-state index contributed by atoms with van der Waals surface area (Å²) in [5.41, 5.74) is 14.2. The van der Waals surface area contributed by atoms with Crippen molar-refractivity contribution in [3.8, 4) is 33.4 Å². The van der Waals surface area contributed by atoms with Gasteiger partial charge in [-0.25, -0.2) is 0 Å². The third-order valence-electron chi connectivity index (χ3n) is 12.1. The minimum Gasteiger partial charge on any atom is -0.0911 e. The maximum absolute atomic E-state index is 2.48. The summed E-state index contributed by atoms with van der Waals surface area (Å²) in [5.74, 6) is 0. The molecule has 0 atom stereocenters. The Balaban J connectivity index is 1.19. The van der Waals surface area contributed by atoms with Crippen LogP contribution in [0.4, 0.5) is 0 Å². The lowest BCUT2D eigenvalue weighted by Crippen LogP contribution is -2.57. The van der Waals surface area contributed by atoms with E-state index >= 15 is 0 Å². The van der Waals surface area contributed by atoms with E-state index in [1.165, 1.54) is 102 Å². The van der Waals surface area contributed by atoms with Crippen molar-refractivity contribution in [3.05, 3.63) is 199 Å². The first kappa shape index (κ1) is 33.6. The summed E-state index contributed by atoms with van der Waals surface area (Å²) < 4.78 is 0. The highest BCUT2D eigenvalue weighted by Gasteiger charge is 2.38. The van der Waals surface area contributed by atoms with E-state index in [9.17, 15) is 0 Å². The molecule has 0 amide bonds. The lowest BCUT2D eigenvalue weighted by molar-refractivity contribution is 0.641. The molecule has 9 aromatic rings. The highest BCUT2D eigenvalue weighted by atomic mass is 32.2. The van der Waals surface area contributed by atoms with Crippen LogP contribution in [0.3, 0.4) is 0 Å². The maximum Gasteiger partial charge on any atom is 0.247 e. The van der Waals surface area contributed by atoms with Crippen LogP contribution in [-0.2, 0) is 5.41 Å². The molecule has 0 bridgehead atoms. The molecule has 0 nitrogen and oxygen atoms in total. The van der Waals surface area contributed by atoms with Gasteiger partial charge in [-0.15, -0.1) is 0 Å². The lowest BCUT2D eigenvalue weighted by Gasteiger charge is -2.33. The maximum atomic E-state index is 2.48. The Morgan fingerprint density at radius 3 is 1.34 bits per heavy atom. The fourth-order valence-corrected chi connectivity index (χ4v) is 11.7. The van der Waals surface area contributed by atoms with Crippen LogP contribution in [0.2, 0.25) is 0 Å². The van der Waals surface area contributed by atoms with Crippen LogP contribution in [-0.4, -0.2) is 6.71 Å². The van der Waals surface area contributed by atoms with E-state index in [2.05, 4.69) is 202 Å². The highest BCUT2D eigenvalue weighted by Crippen LogP contribution is 2.47. The van der Waals surface area contributed by atoms with Crippen molar-refractivity contribution in [2.45, 2.75) is 38.8 Å². The van der Waals surface area contributed by atoms with Crippen LogP contribution in [0.1, 0.15) is 25.0 Å². The zero-order chi connectivity index (χ0) is 37.4. The Morgan fingerprint density at radius 1 is 0.357 bits per heavy atom. The van der Waals surface area contributed by atoms with Crippen LogP contribution in [0.5, 0.6) is 0 Å². The zero-order valence-electron chi connectivity index (χ0n) is 31.3. The molecule has 9 aromatic carbocycles. The second-order valence-corrected chi connectivity index (χ2v) is 17.8. The second-order valence-electron chi connectivity index (χ2n) is 15.6. The number of hydrogen-bond donors (Lipinski definition) is 0. The Hall–Kier alpha value is -5.74. The third kappa shape index (κ3) is 5.33. The quantitative estimate of drug-likeness (QED) is 0.127. The molecule has 0 saturated carbocycles. The first-order valence-corrected chi connectivity index (χ1v) is 21.1. The van der Waals surface area contributed by atoms with E-state index < -0.39 is 0 Å². The molecule has 0 unspecified atom stereocenters. The molecule has 0 aliphatic carbocycles. The van der Waals surface area contributed by atoms with Gasteiger partial charge in [0.1, 0.15) is 0 Å². The van der Waals surface area contributed by atoms with Crippen molar-refractivity contribution >= 4 is 68.2 Å². The number of hydrogen-bond acceptors (Lipinski definition) is 2. The molecule has 0 aromatic heterocycles. The average Bonchev–Trinajstić information content (AvgIpc) is 3.25. The van der Waals surface area contributed by atoms with Gasteiger partial charge in [0.15, 0.2) is 0 Å². The number of benzene rings is 9. The van der Waals surface area contributed by atoms with E-state index in [0.29, 0.717) is 0 Å². The molecule has 2 heterocycles. The van der Waals surface area contributed by atoms with Gasteiger partial charge < -0.3 is 0 Å². The zero-order valence-corrected chi connectivity index (χ0v) is 32.9. The predicted octanol–water partition coefficient (Wildman–Crippen LogP) is 12.8. The van der Waals surface area contributed by atoms with Gasteiger partial charge in [-0.2, -0.15) is 0 Å². The van der Waals surface area contributed by atoms with Gasteiger partial charge in [0.05, 0.1) is 0 Å². The van der Waals surface area contributed by atoms with E-state index in [4.69, 9.17) is 0 Å². The molecule has 3 heteroatoms. The minimum absolute atomic E-state index is 0.240. The molecule has 0 radical (unpaired) electrons. The smallest absolute Gasteiger partial charge is 0.0911 e. The molecule has 264 valence electrons.